The summed E-state index contributed by atoms with van der Waals surface area (Å²) in [6, 6.07) is 6.60. The van der Waals surface area contributed by atoms with E-state index in [0.29, 0.717) is 12.0 Å². The fraction of sp³-hybridized carbons (Fsp3) is 0.500. The fourth-order valence-corrected chi connectivity index (χ4v) is 2.40. The summed E-state index contributed by atoms with van der Waals surface area (Å²) in [6.07, 6.45) is 0. The van der Waals surface area contributed by atoms with E-state index in [1.165, 1.54) is 9.26 Å². The Labute approximate surface area is 106 Å². The van der Waals surface area contributed by atoms with Crippen molar-refractivity contribution in [1.29, 1.82) is 0 Å². The van der Waals surface area contributed by atoms with Crippen LogP contribution < -0.4 is 10.6 Å². The van der Waals surface area contributed by atoms with E-state index >= 15 is 0 Å². The molecule has 1 unspecified atom stereocenters. The van der Waals surface area contributed by atoms with Gasteiger partial charge in [0, 0.05) is 22.3 Å². The minimum absolute atomic E-state index is 0.530. The number of benzene rings is 1. The number of hydrogen-bond donors (Lipinski definition) is 1. The first kappa shape index (κ1) is 12.6. The van der Waals surface area contributed by atoms with Gasteiger partial charge in [-0.05, 0) is 53.6 Å². The van der Waals surface area contributed by atoms with Crippen LogP contribution in [0.5, 0.6) is 0 Å². The Hall–Kier alpha value is -0.450. The number of hydrogen-bond acceptors (Lipinski definition) is 2. The molecule has 1 aromatic carbocycles. The summed E-state index contributed by atoms with van der Waals surface area (Å²) >= 11 is 2.34. The van der Waals surface area contributed by atoms with E-state index in [9.17, 15) is 0 Å². The van der Waals surface area contributed by atoms with Crippen LogP contribution >= 0.6 is 22.6 Å². The molecular formula is C12H19IN2. The molecule has 3 heteroatoms. The quantitative estimate of drug-likeness (QED) is 0.684. The van der Waals surface area contributed by atoms with Crippen LogP contribution in [0.4, 0.5) is 11.4 Å². The summed E-state index contributed by atoms with van der Waals surface area (Å²) in [4.78, 5) is 2.31. The van der Waals surface area contributed by atoms with Gasteiger partial charge in [0.1, 0.15) is 0 Å². The van der Waals surface area contributed by atoms with Gasteiger partial charge in [-0.3, -0.25) is 0 Å². The van der Waals surface area contributed by atoms with E-state index < -0.39 is 0 Å². The lowest BCUT2D eigenvalue weighted by molar-refractivity contribution is 0.505. The first-order valence-electron chi connectivity index (χ1n) is 5.21. The fourth-order valence-electron chi connectivity index (χ4n) is 1.48. The zero-order valence-corrected chi connectivity index (χ0v) is 11.9. The molecule has 2 nitrogen and oxygen atoms in total. The van der Waals surface area contributed by atoms with Crippen LogP contribution in [0.1, 0.15) is 20.8 Å². The molecule has 0 aliphatic rings. The highest BCUT2D eigenvalue weighted by molar-refractivity contribution is 14.1. The number of rotatable bonds is 3. The average molecular weight is 318 g/mol. The van der Waals surface area contributed by atoms with Crippen LogP contribution in [0.3, 0.4) is 0 Å². The maximum absolute atomic E-state index is 5.74. The summed E-state index contributed by atoms with van der Waals surface area (Å²) in [6.45, 7) is 6.73. The first-order chi connectivity index (χ1) is 6.93. The van der Waals surface area contributed by atoms with Crippen LogP contribution in [0.2, 0.25) is 0 Å². The molecular weight excluding hydrogens is 299 g/mol. The second-order valence-corrected chi connectivity index (χ2v) is 5.47. The van der Waals surface area contributed by atoms with Gasteiger partial charge in [-0.15, -0.1) is 0 Å². The van der Waals surface area contributed by atoms with Gasteiger partial charge in [0.05, 0.1) is 5.69 Å². The zero-order chi connectivity index (χ0) is 11.6. The van der Waals surface area contributed by atoms with Gasteiger partial charge in [0.15, 0.2) is 0 Å². The molecule has 2 N–H and O–H groups in total. The monoisotopic (exact) mass is 318 g/mol. The van der Waals surface area contributed by atoms with Crippen molar-refractivity contribution < 1.29 is 0 Å². The van der Waals surface area contributed by atoms with E-state index in [-0.39, 0.29) is 0 Å². The Morgan fingerprint density at radius 1 is 1.27 bits per heavy atom. The van der Waals surface area contributed by atoms with Gasteiger partial charge < -0.3 is 10.6 Å². The summed E-state index contributed by atoms with van der Waals surface area (Å²) < 4.78 is 1.21. The summed E-state index contributed by atoms with van der Waals surface area (Å²) in [5.41, 5.74) is 7.82. The highest BCUT2D eigenvalue weighted by Crippen LogP contribution is 2.26. The molecule has 0 spiro atoms. The zero-order valence-electron chi connectivity index (χ0n) is 9.79. The molecule has 0 aliphatic carbocycles. The Balaban J connectivity index is 2.96. The predicted molar refractivity (Wildman–Crippen MR) is 76.3 cm³/mol. The van der Waals surface area contributed by atoms with Crippen LogP contribution in [-0.4, -0.2) is 13.1 Å². The molecule has 1 atom stereocenters. The highest BCUT2D eigenvalue weighted by atomic mass is 127. The molecule has 0 aromatic heterocycles. The van der Waals surface area contributed by atoms with Crippen molar-refractivity contribution in [3.8, 4) is 0 Å². The molecule has 0 heterocycles. The van der Waals surface area contributed by atoms with E-state index in [4.69, 9.17) is 5.73 Å². The second kappa shape index (κ2) is 5.05. The molecule has 0 fully saturated rings. The molecule has 84 valence electrons. The highest BCUT2D eigenvalue weighted by Gasteiger charge is 2.15. The van der Waals surface area contributed by atoms with E-state index in [0.717, 1.165) is 5.69 Å². The van der Waals surface area contributed by atoms with Crippen molar-refractivity contribution in [2.75, 3.05) is 17.7 Å². The van der Waals surface area contributed by atoms with Crippen LogP contribution in [-0.2, 0) is 0 Å². The summed E-state index contributed by atoms with van der Waals surface area (Å²) in [5.74, 6) is 0.642. The minimum atomic E-state index is 0.530. The van der Waals surface area contributed by atoms with Crippen LogP contribution in [0.15, 0.2) is 18.2 Å². The normalized spacial score (nSPS) is 12.9. The standard InChI is InChI=1S/C12H19IN2/c1-8(2)9(3)15(4)12-6-5-10(14)7-11(12)13/h5-9H,14H2,1-4H3. The predicted octanol–water partition coefficient (Wildman–Crippen LogP) is 3.35. The Morgan fingerprint density at radius 2 is 1.87 bits per heavy atom. The minimum Gasteiger partial charge on any atom is -0.399 e. The van der Waals surface area contributed by atoms with Gasteiger partial charge in [0.25, 0.3) is 0 Å². The maximum Gasteiger partial charge on any atom is 0.0503 e. The third-order valence-electron chi connectivity index (χ3n) is 2.93. The number of nitrogen functional groups attached to an aromatic ring is 1. The number of halogens is 1. The molecule has 1 aromatic rings. The van der Waals surface area contributed by atoms with Crippen molar-refractivity contribution in [3.63, 3.8) is 0 Å². The van der Waals surface area contributed by atoms with Gasteiger partial charge in [-0.25, -0.2) is 0 Å². The van der Waals surface area contributed by atoms with E-state index in [2.05, 4.69) is 61.4 Å². The second-order valence-electron chi connectivity index (χ2n) is 4.31. The largest absolute Gasteiger partial charge is 0.399 e. The molecule has 0 saturated carbocycles. The topological polar surface area (TPSA) is 29.3 Å². The SMILES string of the molecule is CC(C)C(C)N(C)c1ccc(N)cc1I. The molecule has 0 radical (unpaired) electrons. The lowest BCUT2D eigenvalue weighted by Gasteiger charge is -2.30. The summed E-state index contributed by atoms with van der Waals surface area (Å²) in [7, 11) is 2.14. The van der Waals surface area contributed by atoms with Gasteiger partial charge in [0.2, 0.25) is 0 Å². The Morgan fingerprint density at radius 3 is 2.33 bits per heavy atom. The van der Waals surface area contributed by atoms with Crippen molar-refractivity contribution >= 4 is 34.0 Å². The molecule has 0 amide bonds. The third-order valence-corrected chi connectivity index (χ3v) is 3.79. The van der Waals surface area contributed by atoms with Gasteiger partial charge >= 0.3 is 0 Å². The summed E-state index contributed by atoms with van der Waals surface area (Å²) in [5, 5.41) is 0. The first-order valence-corrected chi connectivity index (χ1v) is 6.29. The smallest absolute Gasteiger partial charge is 0.0503 e. The van der Waals surface area contributed by atoms with Crippen LogP contribution in [0, 0.1) is 9.49 Å². The number of anilines is 2. The van der Waals surface area contributed by atoms with Gasteiger partial charge in [-0.1, -0.05) is 13.8 Å². The molecule has 1 rings (SSSR count). The van der Waals surface area contributed by atoms with Crippen molar-refractivity contribution in [1.82, 2.24) is 0 Å². The van der Waals surface area contributed by atoms with Gasteiger partial charge in [-0.2, -0.15) is 0 Å². The molecule has 15 heavy (non-hydrogen) atoms. The lowest BCUT2D eigenvalue weighted by atomic mass is 10.0. The molecule has 0 aliphatic heterocycles. The van der Waals surface area contributed by atoms with Crippen LogP contribution in [0.25, 0.3) is 0 Å². The van der Waals surface area contributed by atoms with Crippen molar-refractivity contribution in [2.45, 2.75) is 26.8 Å². The van der Waals surface area contributed by atoms with Crippen molar-refractivity contribution in [2.24, 2.45) is 5.92 Å². The Bertz CT molecular complexity index is 336. The number of nitrogens with zero attached hydrogens (tertiary/aromatic N) is 1. The lowest BCUT2D eigenvalue weighted by Crippen LogP contribution is -2.33. The molecule has 0 saturated heterocycles. The Kier molecular flexibility index (Phi) is 4.25. The third kappa shape index (κ3) is 3.00. The molecule has 0 bridgehead atoms. The average Bonchev–Trinajstić information content (AvgIpc) is 2.15. The van der Waals surface area contributed by atoms with Crippen molar-refractivity contribution in [3.05, 3.63) is 21.8 Å². The van der Waals surface area contributed by atoms with E-state index in [1.807, 2.05) is 12.1 Å². The van der Waals surface area contributed by atoms with E-state index in [1.54, 1.807) is 0 Å². The number of nitrogens with two attached hydrogens (primary N) is 1. The maximum atomic E-state index is 5.74.